The van der Waals surface area contributed by atoms with Gasteiger partial charge in [0.25, 0.3) is 10.2 Å². The molecule has 4 rings (SSSR count). The lowest BCUT2D eigenvalue weighted by Crippen LogP contribution is -2.58. The van der Waals surface area contributed by atoms with Crippen molar-refractivity contribution in [3.63, 3.8) is 0 Å². The maximum atomic E-state index is 14.0. The third kappa shape index (κ3) is 6.06. The first-order valence-electron chi connectivity index (χ1n) is 13.6. The van der Waals surface area contributed by atoms with Crippen LogP contribution in [0.3, 0.4) is 0 Å². The highest BCUT2D eigenvalue weighted by molar-refractivity contribution is 7.87. The van der Waals surface area contributed by atoms with Crippen LogP contribution >= 0.6 is 0 Å². The SMILES string of the molecule is CC(C)Oc1ccc2c(c1)CN(CCNS(N)(=O)=O)C(=O)C21CCN([C@H]2CC[C@@H](C(C)C)CC2)CC1. The molecule has 3 aliphatic rings. The van der Waals surface area contributed by atoms with Crippen molar-refractivity contribution in [1.82, 2.24) is 14.5 Å². The van der Waals surface area contributed by atoms with Gasteiger partial charge in [-0.2, -0.15) is 8.42 Å². The molecule has 36 heavy (non-hydrogen) atoms. The van der Waals surface area contributed by atoms with Gasteiger partial charge < -0.3 is 14.5 Å². The van der Waals surface area contributed by atoms with E-state index in [2.05, 4.69) is 35.6 Å². The minimum atomic E-state index is -3.80. The second-order valence-corrected chi connectivity index (χ2v) is 13.0. The molecule has 2 heterocycles. The van der Waals surface area contributed by atoms with E-state index in [0.29, 0.717) is 12.6 Å². The van der Waals surface area contributed by atoms with E-state index in [-0.39, 0.29) is 25.1 Å². The number of rotatable bonds is 8. The maximum Gasteiger partial charge on any atom is 0.274 e. The number of ether oxygens (including phenoxy) is 1. The quantitative estimate of drug-likeness (QED) is 0.548. The van der Waals surface area contributed by atoms with Crippen molar-refractivity contribution < 1.29 is 17.9 Å². The number of amides is 1. The summed E-state index contributed by atoms with van der Waals surface area (Å²) in [6, 6.07) is 6.76. The lowest BCUT2D eigenvalue weighted by molar-refractivity contribution is -0.142. The molecule has 0 atom stereocenters. The molecule has 1 spiro atoms. The molecule has 8 nitrogen and oxygen atoms in total. The van der Waals surface area contributed by atoms with Crippen LogP contribution in [-0.2, 0) is 27.0 Å². The summed E-state index contributed by atoms with van der Waals surface area (Å²) in [6.07, 6.45) is 6.73. The average Bonchev–Trinajstić information content (AvgIpc) is 2.81. The first-order valence-corrected chi connectivity index (χ1v) is 15.1. The zero-order chi connectivity index (χ0) is 26.1. The standard InChI is InChI=1S/C27H44N4O4S/c1-19(2)21-5-7-23(8-6-21)30-14-11-27(12-15-30)25-10-9-24(35-20(3)4)17-22(25)18-31(26(27)32)16-13-29-36(28,33)34/h9-10,17,19-21,23,29H,5-8,11-16,18H2,1-4H3,(H2,28,33,34)/t21-,23+. The average molecular weight is 521 g/mol. The number of nitrogens with zero attached hydrogens (tertiary/aromatic N) is 2. The third-order valence-electron chi connectivity index (χ3n) is 8.56. The maximum absolute atomic E-state index is 14.0. The predicted octanol–water partition coefficient (Wildman–Crippen LogP) is 3.16. The molecule has 1 aromatic rings. The Morgan fingerprint density at radius 2 is 1.78 bits per heavy atom. The molecule has 0 bridgehead atoms. The number of fused-ring (bicyclic) bond motifs is 2. The Hall–Kier alpha value is -1.68. The number of nitrogens with one attached hydrogen (secondary N) is 1. The van der Waals surface area contributed by atoms with E-state index in [4.69, 9.17) is 9.88 Å². The van der Waals surface area contributed by atoms with Gasteiger partial charge in [-0.05, 0) is 101 Å². The summed E-state index contributed by atoms with van der Waals surface area (Å²) in [5.41, 5.74) is 1.63. The van der Waals surface area contributed by atoms with Gasteiger partial charge in [-0.3, -0.25) is 4.79 Å². The Labute approximate surface area is 217 Å². The van der Waals surface area contributed by atoms with E-state index in [1.807, 2.05) is 19.9 Å². The van der Waals surface area contributed by atoms with Gasteiger partial charge in [0.15, 0.2) is 0 Å². The number of piperidine rings is 1. The number of nitrogens with two attached hydrogens (primary N) is 1. The van der Waals surface area contributed by atoms with Gasteiger partial charge in [0, 0.05) is 25.7 Å². The van der Waals surface area contributed by atoms with Crippen LogP contribution in [0.1, 0.15) is 77.3 Å². The van der Waals surface area contributed by atoms with Crippen molar-refractivity contribution in [1.29, 1.82) is 0 Å². The molecule has 202 valence electrons. The van der Waals surface area contributed by atoms with Crippen LogP contribution in [0.2, 0.25) is 0 Å². The molecular weight excluding hydrogens is 476 g/mol. The summed E-state index contributed by atoms with van der Waals surface area (Å²) < 4.78 is 31.0. The van der Waals surface area contributed by atoms with Crippen LogP contribution < -0.4 is 14.6 Å². The predicted molar refractivity (Wildman–Crippen MR) is 142 cm³/mol. The fourth-order valence-corrected chi connectivity index (χ4v) is 6.98. The second-order valence-electron chi connectivity index (χ2n) is 11.6. The van der Waals surface area contributed by atoms with Crippen molar-refractivity contribution in [3.8, 4) is 5.75 Å². The molecule has 1 saturated carbocycles. The van der Waals surface area contributed by atoms with Crippen molar-refractivity contribution >= 4 is 16.1 Å². The summed E-state index contributed by atoms with van der Waals surface area (Å²) in [6.45, 7) is 11.3. The fourth-order valence-electron chi connectivity index (χ4n) is 6.60. The van der Waals surface area contributed by atoms with E-state index in [9.17, 15) is 13.2 Å². The fraction of sp³-hybridized carbons (Fsp3) is 0.741. The number of benzene rings is 1. The second kappa shape index (κ2) is 11.0. The Morgan fingerprint density at radius 3 is 2.36 bits per heavy atom. The smallest absolute Gasteiger partial charge is 0.274 e. The van der Waals surface area contributed by atoms with Gasteiger partial charge >= 0.3 is 0 Å². The van der Waals surface area contributed by atoms with E-state index in [1.54, 1.807) is 4.90 Å². The van der Waals surface area contributed by atoms with Gasteiger partial charge in [-0.15, -0.1) is 0 Å². The molecule has 0 radical (unpaired) electrons. The lowest BCUT2D eigenvalue weighted by Gasteiger charge is -2.49. The zero-order valence-electron chi connectivity index (χ0n) is 22.3. The molecule has 2 fully saturated rings. The number of carbonyl (C=O) groups is 1. The monoisotopic (exact) mass is 520 g/mol. The summed E-state index contributed by atoms with van der Waals surface area (Å²) in [5, 5.41) is 5.11. The molecule has 1 saturated heterocycles. The summed E-state index contributed by atoms with van der Waals surface area (Å²) >= 11 is 0. The number of likely N-dealkylation sites (tertiary alicyclic amines) is 1. The number of carbonyl (C=O) groups excluding carboxylic acids is 1. The summed E-state index contributed by atoms with van der Waals surface area (Å²) in [4.78, 5) is 18.4. The van der Waals surface area contributed by atoms with E-state index >= 15 is 0 Å². The van der Waals surface area contributed by atoms with Crippen molar-refractivity contribution in [2.45, 2.75) is 90.3 Å². The van der Waals surface area contributed by atoms with Gasteiger partial charge in [0.05, 0.1) is 11.5 Å². The van der Waals surface area contributed by atoms with Gasteiger partial charge in [0.2, 0.25) is 5.91 Å². The van der Waals surface area contributed by atoms with Gasteiger partial charge in [0.1, 0.15) is 5.75 Å². The number of hydrogen-bond acceptors (Lipinski definition) is 5. The minimum Gasteiger partial charge on any atom is -0.491 e. The van der Waals surface area contributed by atoms with Crippen LogP contribution in [0.4, 0.5) is 0 Å². The van der Waals surface area contributed by atoms with E-state index < -0.39 is 15.6 Å². The van der Waals surface area contributed by atoms with Crippen LogP contribution in [0.5, 0.6) is 5.75 Å². The highest BCUT2D eigenvalue weighted by Gasteiger charge is 2.49. The largest absolute Gasteiger partial charge is 0.491 e. The van der Waals surface area contributed by atoms with Gasteiger partial charge in [-0.1, -0.05) is 19.9 Å². The molecule has 1 aromatic carbocycles. The molecule has 1 amide bonds. The Kier molecular flexibility index (Phi) is 8.34. The summed E-state index contributed by atoms with van der Waals surface area (Å²) in [5.74, 6) is 2.50. The molecule has 3 N–H and O–H groups in total. The van der Waals surface area contributed by atoms with Crippen LogP contribution in [0.25, 0.3) is 0 Å². The Bertz CT molecular complexity index is 1030. The van der Waals surface area contributed by atoms with E-state index in [1.165, 1.54) is 25.7 Å². The van der Waals surface area contributed by atoms with E-state index in [0.717, 1.165) is 54.6 Å². The molecule has 0 aromatic heterocycles. The van der Waals surface area contributed by atoms with Crippen LogP contribution in [-0.4, -0.2) is 62.4 Å². The van der Waals surface area contributed by atoms with Crippen molar-refractivity contribution in [3.05, 3.63) is 29.3 Å². The third-order valence-corrected chi connectivity index (χ3v) is 9.17. The minimum absolute atomic E-state index is 0.0614. The van der Waals surface area contributed by atoms with Crippen molar-refractivity contribution in [2.24, 2.45) is 17.0 Å². The molecule has 0 unspecified atom stereocenters. The topological polar surface area (TPSA) is 105 Å². The normalized spacial score (nSPS) is 25.0. The Balaban J connectivity index is 1.53. The van der Waals surface area contributed by atoms with Crippen molar-refractivity contribution in [2.75, 3.05) is 26.2 Å². The highest BCUT2D eigenvalue weighted by atomic mass is 32.2. The van der Waals surface area contributed by atoms with Gasteiger partial charge in [-0.25, -0.2) is 9.86 Å². The number of hydrogen-bond donors (Lipinski definition) is 2. The first kappa shape index (κ1) is 27.4. The molecular formula is C27H44N4O4S. The lowest BCUT2D eigenvalue weighted by atomic mass is 9.67. The summed E-state index contributed by atoms with van der Waals surface area (Å²) in [7, 11) is -3.80. The first-order chi connectivity index (χ1) is 17.0. The molecule has 9 heteroatoms. The molecule has 2 aliphatic heterocycles. The highest BCUT2D eigenvalue weighted by Crippen LogP contribution is 2.45. The molecule has 1 aliphatic carbocycles. The van der Waals surface area contributed by atoms with Crippen LogP contribution in [0.15, 0.2) is 18.2 Å². The Morgan fingerprint density at radius 1 is 1.11 bits per heavy atom. The zero-order valence-corrected chi connectivity index (χ0v) is 23.1. The van der Waals surface area contributed by atoms with Crippen LogP contribution in [0, 0.1) is 11.8 Å².